The monoisotopic (exact) mass is 414 g/mol. The van der Waals surface area contributed by atoms with Crippen LogP contribution in [0, 0.1) is 0 Å². The second-order valence-electron chi connectivity index (χ2n) is 6.25. The maximum absolute atomic E-state index is 13.3. The number of ether oxygens (including phenoxy) is 1. The van der Waals surface area contributed by atoms with Gasteiger partial charge in [0.2, 0.25) is 0 Å². The number of benzene rings is 3. The Balaban J connectivity index is 1.98. The standard InChI is InChI=1S/C22H19ClO4S/c1-27-19-13-9-16(10-14-19)21(24)15-22(17-7-11-18(23)12-8-17)28(25,26)20-5-3-2-4-6-20/h2-14,22H,15H2,1H3. The lowest BCUT2D eigenvalue weighted by molar-refractivity contribution is 0.0980. The molecule has 0 aromatic heterocycles. The number of Topliss-reactive ketones (excluding diaryl/α,β-unsaturated/α-hetero) is 1. The molecular weight excluding hydrogens is 396 g/mol. The summed E-state index contributed by atoms with van der Waals surface area (Å²) in [5, 5.41) is -0.511. The van der Waals surface area contributed by atoms with Crippen molar-refractivity contribution in [1.29, 1.82) is 0 Å². The molecule has 0 radical (unpaired) electrons. The zero-order chi connectivity index (χ0) is 20.1. The van der Waals surface area contributed by atoms with Gasteiger partial charge in [-0.2, -0.15) is 0 Å². The molecule has 0 fully saturated rings. The summed E-state index contributed by atoms with van der Waals surface area (Å²) in [6.45, 7) is 0. The van der Waals surface area contributed by atoms with Gasteiger partial charge in [-0.15, -0.1) is 0 Å². The number of rotatable bonds is 7. The van der Waals surface area contributed by atoms with Crippen LogP contribution in [0.25, 0.3) is 0 Å². The maximum Gasteiger partial charge on any atom is 0.185 e. The van der Waals surface area contributed by atoms with Gasteiger partial charge in [0.1, 0.15) is 5.75 Å². The Hall–Kier alpha value is -2.63. The second kappa shape index (κ2) is 8.59. The predicted molar refractivity (Wildman–Crippen MR) is 110 cm³/mol. The molecule has 0 aliphatic rings. The minimum atomic E-state index is -3.77. The van der Waals surface area contributed by atoms with Crippen LogP contribution in [0.4, 0.5) is 0 Å². The SMILES string of the molecule is COc1ccc(C(=O)CC(c2ccc(Cl)cc2)S(=O)(=O)c2ccccc2)cc1. The molecule has 0 aliphatic carbocycles. The van der Waals surface area contributed by atoms with Crippen molar-refractivity contribution in [2.45, 2.75) is 16.6 Å². The quantitative estimate of drug-likeness (QED) is 0.502. The summed E-state index contributed by atoms with van der Waals surface area (Å²) in [4.78, 5) is 13.0. The van der Waals surface area contributed by atoms with Crippen LogP contribution in [0.3, 0.4) is 0 Å². The van der Waals surface area contributed by atoms with Crippen molar-refractivity contribution in [2.75, 3.05) is 7.11 Å². The number of hydrogen-bond acceptors (Lipinski definition) is 4. The van der Waals surface area contributed by atoms with Gasteiger partial charge >= 0.3 is 0 Å². The molecule has 0 bridgehead atoms. The van der Waals surface area contributed by atoms with Crippen molar-refractivity contribution < 1.29 is 17.9 Å². The van der Waals surface area contributed by atoms with E-state index in [-0.39, 0.29) is 17.1 Å². The van der Waals surface area contributed by atoms with Gasteiger partial charge in [0.05, 0.1) is 17.3 Å². The van der Waals surface area contributed by atoms with Crippen LogP contribution in [-0.2, 0) is 9.84 Å². The van der Waals surface area contributed by atoms with Gasteiger partial charge in [-0.3, -0.25) is 4.79 Å². The molecule has 0 spiro atoms. The van der Waals surface area contributed by atoms with Gasteiger partial charge in [-0.25, -0.2) is 8.42 Å². The molecule has 0 aliphatic heterocycles. The van der Waals surface area contributed by atoms with E-state index in [1.54, 1.807) is 73.8 Å². The largest absolute Gasteiger partial charge is 0.497 e. The molecule has 3 aromatic carbocycles. The van der Waals surface area contributed by atoms with E-state index >= 15 is 0 Å². The van der Waals surface area contributed by atoms with Crippen LogP contribution in [0.5, 0.6) is 5.75 Å². The molecular formula is C22H19ClO4S. The van der Waals surface area contributed by atoms with Crippen LogP contribution in [-0.4, -0.2) is 21.3 Å². The van der Waals surface area contributed by atoms with E-state index in [1.807, 2.05) is 0 Å². The number of sulfone groups is 1. The van der Waals surface area contributed by atoms with Crippen molar-refractivity contribution in [3.8, 4) is 5.75 Å². The first-order chi connectivity index (χ1) is 13.4. The van der Waals surface area contributed by atoms with Gasteiger partial charge < -0.3 is 4.74 Å². The van der Waals surface area contributed by atoms with Gasteiger partial charge in [0, 0.05) is 17.0 Å². The van der Waals surface area contributed by atoms with Crippen LogP contribution in [0.15, 0.2) is 83.8 Å². The molecule has 28 heavy (non-hydrogen) atoms. The summed E-state index contributed by atoms with van der Waals surface area (Å²) in [7, 11) is -2.23. The minimum absolute atomic E-state index is 0.175. The molecule has 1 atom stereocenters. The Kier molecular flexibility index (Phi) is 6.17. The number of halogens is 1. The molecule has 0 saturated heterocycles. The Morgan fingerprint density at radius 2 is 1.54 bits per heavy atom. The zero-order valence-electron chi connectivity index (χ0n) is 15.2. The van der Waals surface area contributed by atoms with Crippen molar-refractivity contribution in [1.82, 2.24) is 0 Å². The van der Waals surface area contributed by atoms with Gasteiger partial charge in [-0.1, -0.05) is 41.9 Å². The lowest BCUT2D eigenvalue weighted by Crippen LogP contribution is -2.18. The van der Waals surface area contributed by atoms with Crippen LogP contribution in [0.1, 0.15) is 27.6 Å². The molecule has 1 unspecified atom stereocenters. The molecule has 144 valence electrons. The smallest absolute Gasteiger partial charge is 0.185 e. The first kappa shape index (κ1) is 20.1. The highest BCUT2D eigenvalue weighted by Crippen LogP contribution is 2.33. The Morgan fingerprint density at radius 1 is 0.929 bits per heavy atom. The van der Waals surface area contributed by atoms with E-state index < -0.39 is 15.1 Å². The second-order valence-corrected chi connectivity index (χ2v) is 8.82. The fourth-order valence-corrected chi connectivity index (χ4v) is 4.80. The summed E-state index contributed by atoms with van der Waals surface area (Å²) in [6.07, 6.45) is -0.175. The summed E-state index contributed by atoms with van der Waals surface area (Å²) in [6, 6.07) is 21.3. The lowest BCUT2D eigenvalue weighted by atomic mass is 10.0. The zero-order valence-corrected chi connectivity index (χ0v) is 16.8. The van der Waals surface area contributed by atoms with E-state index in [0.29, 0.717) is 21.9 Å². The molecule has 6 heteroatoms. The van der Waals surface area contributed by atoms with Crippen LogP contribution in [0.2, 0.25) is 5.02 Å². The van der Waals surface area contributed by atoms with Gasteiger partial charge in [-0.05, 0) is 54.1 Å². The molecule has 3 aromatic rings. The molecule has 0 N–H and O–H groups in total. The van der Waals surface area contributed by atoms with Gasteiger partial charge in [0.15, 0.2) is 15.6 Å². The first-order valence-electron chi connectivity index (χ1n) is 8.63. The summed E-state index contributed by atoms with van der Waals surface area (Å²) in [5.41, 5.74) is 0.957. The molecule has 3 rings (SSSR count). The highest BCUT2D eigenvalue weighted by atomic mass is 35.5. The van der Waals surface area contributed by atoms with Crippen molar-refractivity contribution in [3.63, 3.8) is 0 Å². The number of carbonyl (C=O) groups is 1. The van der Waals surface area contributed by atoms with E-state index in [9.17, 15) is 13.2 Å². The van der Waals surface area contributed by atoms with Crippen LogP contribution < -0.4 is 4.74 Å². The average molecular weight is 415 g/mol. The summed E-state index contributed by atoms with van der Waals surface area (Å²) >= 11 is 5.95. The Labute approximate surface area is 169 Å². The third-order valence-electron chi connectivity index (χ3n) is 4.47. The normalized spacial score (nSPS) is 12.4. The minimum Gasteiger partial charge on any atom is -0.497 e. The lowest BCUT2D eigenvalue weighted by Gasteiger charge is -2.18. The topological polar surface area (TPSA) is 60.4 Å². The molecule has 0 saturated carbocycles. The predicted octanol–water partition coefficient (Wildman–Crippen LogP) is 5.14. The van der Waals surface area contributed by atoms with Crippen LogP contribution >= 0.6 is 11.6 Å². The van der Waals surface area contributed by atoms with Crippen molar-refractivity contribution in [2.24, 2.45) is 0 Å². The van der Waals surface area contributed by atoms with E-state index in [1.165, 1.54) is 12.1 Å². The number of methoxy groups -OCH3 is 1. The molecule has 4 nitrogen and oxygen atoms in total. The van der Waals surface area contributed by atoms with Crippen molar-refractivity contribution >= 4 is 27.2 Å². The molecule has 0 heterocycles. The maximum atomic E-state index is 13.3. The van der Waals surface area contributed by atoms with Crippen molar-refractivity contribution in [3.05, 3.63) is 95.0 Å². The van der Waals surface area contributed by atoms with E-state index in [0.717, 1.165) is 0 Å². The number of ketones is 1. The van der Waals surface area contributed by atoms with Gasteiger partial charge in [0.25, 0.3) is 0 Å². The highest BCUT2D eigenvalue weighted by molar-refractivity contribution is 7.91. The highest BCUT2D eigenvalue weighted by Gasteiger charge is 2.31. The summed E-state index contributed by atoms with van der Waals surface area (Å²) in [5.74, 6) is 0.366. The molecule has 0 amide bonds. The number of hydrogen-bond donors (Lipinski definition) is 0. The third-order valence-corrected chi connectivity index (χ3v) is 6.84. The fraction of sp³-hybridized carbons (Fsp3) is 0.136. The Morgan fingerprint density at radius 3 is 2.11 bits per heavy atom. The summed E-state index contributed by atoms with van der Waals surface area (Å²) < 4.78 is 31.7. The first-order valence-corrected chi connectivity index (χ1v) is 10.6. The average Bonchev–Trinajstić information content (AvgIpc) is 2.73. The van der Waals surface area contributed by atoms with E-state index in [4.69, 9.17) is 16.3 Å². The third kappa shape index (κ3) is 4.43. The number of carbonyl (C=O) groups excluding carboxylic acids is 1. The fourth-order valence-electron chi connectivity index (χ4n) is 2.92. The van der Waals surface area contributed by atoms with E-state index in [2.05, 4.69) is 0 Å². The Bertz CT molecular complexity index is 1040.